The molecule has 2 N–H and O–H groups in total. The summed E-state index contributed by atoms with van der Waals surface area (Å²) in [7, 11) is 1.78. The molecular weight excluding hydrogens is 224 g/mol. The SMILES string of the molecule is CNCC(=O)NC(C)(C)Cc1cc(C)ccc1C. The largest absolute Gasteiger partial charge is 0.350 e. The molecule has 3 heteroatoms. The Morgan fingerprint density at radius 3 is 2.56 bits per heavy atom. The third kappa shape index (κ3) is 4.49. The minimum atomic E-state index is -0.230. The van der Waals surface area contributed by atoms with E-state index >= 15 is 0 Å². The van der Waals surface area contributed by atoms with Gasteiger partial charge in [0.05, 0.1) is 6.54 Å². The average molecular weight is 248 g/mol. The number of rotatable bonds is 5. The Morgan fingerprint density at radius 2 is 1.94 bits per heavy atom. The van der Waals surface area contributed by atoms with Crippen LogP contribution >= 0.6 is 0 Å². The van der Waals surface area contributed by atoms with Crippen LogP contribution in [0.4, 0.5) is 0 Å². The summed E-state index contributed by atoms with van der Waals surface area (Å²) in [5.41, 5.74) is 3.60. The predicted molar refractivity (Wildman–Crippen MR) is 75.8 cm³/mol. The van der Waals surface area contributed by atoms with E-state index in [4.69, 9.17) is 0 Å². The molecule has 0 saturated carbocycles. The van der Waals surface area contributed by atoms with Gasteiger partial charge in [-0.1, -0.05) is 23.8 Å². The fraction of sp³-hybridized carbons (Fsp3) is 0.533. The van der Waals surface area contributed by atoms with Gasteiger partial charge >= 0.3 is 0 Å². The Kier molecular flexibility index (Phi) is 4.91. The Labute approximate surface area is 110 Å². The first-order valence-electron chi connectivity index (χ1n) is 6.36. The van der Waals surface area contributed by atoms with Crippen molar-refractivity contribution >= 4 is 5.91 Å². The van der Waals surface area contributed by atoms with Crippen LogP contribution < -0.4 is 10.6 Å². The van der Waals surface area contributed by atoms with Crippen molar-refractivity contribution in [1.29, 1.82) is 0 Å². The van der Waals surface area contributed by atoms with Crippen LogP contribution in [0.2, 0.25) is 0 Å². The molecule has 0 aromatic heterocycles. The summed E-state index contributed by atoms with van der Waals surface area (Å²) in [4.78, 5) is 11.6. The third-order valence-corrected chi connectivity index (χ3v) is 2.95. The molecule has 1 rings (SSSR count). The van der Waals surface area contributed by atoms with Crippen molar-refractivity contribution in [3.63, 3.8) is 0 Å². The summed E-state index contributed by atoms with van der Waals surface area (Å²) in [6.45, 7) is 8.68. The van der Waals surface area contributed by atoms with Crippen molar-refractivity contribution in [2.24, 2.45) is 0 Å². The lowest BCUT2D eigenvalue weighted by molar-refractivity contribution is -0.121. The lowest BCUT2D eigenvalue weighted by atomic mass is 9.91. The fourth-order valence-corrected chi connectivity index (χ4v) is 2.09. The number of hydrogen-bond acceptors (Lipinski definition) is 2. The first kappa shape index (κ1) is 14.7. The van der Waals surface area contributed by atoms with Crippen molar-refractivity contribution in [1.82, 2.24) is 10.6 Å². The number of carbonyl (C=O) groups is 1. The lowest BCUT2D eigenvalue weighted by Gasteiger charge is -2.27. The summed E-state index contributed by atoms with van der Waals surface area (Å²) in [6, 6.07) is 6.45. The van der Waals surface area contributed by atoms with E-state index in [9.17, 15) is 4.79 Å². The summed E-state index contributed by atoms with van der Waals surface area (Å²) in [5.74, 6) is 0.0350. The smallest absolute Gasteiger partial charge is 0.234 e. The zero-order chi connectivity index (χ0) is 13.8. The van der Waals surface area contributed by atoms with E-state index in [0.29, 0.717) is 6.54 Å². The van der Waals surface area contributed by atoms with E-state index in [2.05, 4.69) is 56.5 Å². The topological polar surface area (TPSA) is 41.1 Å². The van der Waals surface area contributed by atoms with Crippen LogP contribution in [0, 0.1) is 13.8 Å². The van der Waals surface area contributed by atoms with Crippen LogP contribution in [0.25, 0.3) is 0 Å². The number of hydrogen-bond donors (Lipinski definition) is 2. The minimum Gasteiger partial charge on any atom is -0.350 e. The molecule has 100 valence electrons. The van der Waals surface area contributed by atoms with Gasteiger partial charge in [-0.25, -0.2) is 0 Å². The van der Waals surface area contributed by atoms with Crippen LogP contribution in [0.15, 0.2) is 18.2 Å². The van der Waals surface area contributed by atoms with Crippen LogP contribution in [0.5, 0.6) is 0 Å². The second-order valence-electron chi connectivity index (χ2n) is 5.57. The standard InChI is InChI=1S/C15H24N2O/c1-11-6-7-12(2)13(8-11)9-15(3,4)17-14(18)10-16-5/h6-8,16H,9-10H2,1-5H3,(H,17,18). The average Bonchev–Trinajstić information content (AvgIpc) is 2.22. The van der Waals surface area contributed by atoms with Crippen molar-refractivity contribution in [3.05, 3.63) is 34.9 Å². The molecule has 0 fully saturated rings. The molecule has 0 heterocycles. The van der Waals surface area contributed by atoms with Gasteiger partial charge in [0.25, 0.3) is 0 Å². The van der Waals surface area contributed by atoms with E-state index < -0.39 is 0 Å². The molecule has 3 nitrogen and oxygen atoms in total. The first-order valence-corrected chi connectivity index (χ1v) is 6.36. The first-order chi connectivity index (χ1) is 8.34. The van der Waals surface area contributed by atoms with Crippen molar-refractivity contribution in [3.8, 4) is 0 Å². The molecule has 0 spiro atoms. The maximum absolute atomic E-state index is 11.6. The molecule has 0 bridgehead atoms. The van der Waals surface area contributed by atoms with Gasteiger partial charge in [0.1, 0.15) is 0 Å². The lowest BCUT2D eigenvalue weighted by Crippen LogP contribution is -2.48. The summed E-state index contributed by atoms with van der Waals surface area (Å²) in [6.07, 6.45) is 0.843. The van der Waals surface area contributed by atoms with Gasteiger partial charge in [0, 0.05) is 5.54 Å². The van der Waals surface area contributed by atoms with Gasteiger partial charge in [0.2, 0.25) is 5.91 Å². The second kappa shape index (κ2) is 6.01. The van der Waals surface area contributed by atoms with Crippen molar-refractivity contribution < 1.29 is 4.79 Å². The van der Waals surface area contributed by atoms with E-state index in [1.165, 1.54) is 16.7 Å². The quantitative estimate of drug-likeness (QED) is 0.836. The molecule has 0 aliphatic rings. The Balaban J connectivity index is 2.75. The number of nitrogens with one attached hydrogen (secondary N) is 2. The van der Waals surface area contributed by atoms with Gasteiger partial charge in [0.15, 0.2) is 0 Å². The maximum atomic E-state index is 11.6. The number of aryl methyl sites for hydroxylation is 2. The molecule has 18 heavy (non-hydrogen) atoms. The molecule has 0 radical (unpaired) electrons. The number of likely N-dealkylation sites (N-methyl/N-ethyl adjacent to an activating group) is 1. The highest BCUT2D eigenvalue weighted by Gasteiger charge is 2.21. The van der Waals surface area contributed by atoms with Crippen LogP contribution in [-0.4, -0.2) is 25.0 Å². The normalized spacial score (nSPS) is 11.4. The Hall–Kier alpha value is -1.35. The van der Waals surface area contributed by atoms with Crippen LogP contribution in [0.3, 0.4) is 0 Å². The molecule has 1 amide bonds. The van der Waals surface area contributed by atoms with Gasteiger partial charge in [-0.3, -0.25) is 4.79 Å². The summed E-state index contributed by atoms with van der Waals surface area (Å²) >= 11 is 0. The van der Waals surface area contributed by atoms with Gasteiger partial charge in [-0.2, -0.15) is 0 Å². The van der Waals surface area contributed by atoms with E-state index in [0.717, 1.165) is 6.42 Å². The van der Waals surface area contributed by atoms with Gasteiger partial charge < -0.3 is 10.6 Å². The number of benzene rings is 1. The zero-order valence-electron chi connectivity index (χ0n) is 12.1. The van der Waals surface area contributed by atoms with Gasteiger partial charge in [-0.05, 0) is 52.3 Å². The predicted octanol–water partition coefficient (Wildman–Crippen LogP) is 1.96. The van der Waals surface area contributed by atoms with Crippen LogP contribution in [0.1, 0.15) is 30.5 Å². The molecule has 0 unspecified atom stereocenters. The molecular formula is C15H24N2O. The summed E-state index contributed by atoms with van der Waals surface area (Å²) in [5, 5.41) is 5.91. The molecule has 0 atom stereocenters. The third-order valence-electron chi connectivity index (χ3n) is 2.95. The highest BCUT2D eigenvalue weighted by Crippen LogP contribution is 2.17. The van der Waals surface area contributed by atoms with E-state index in [-0.39, 0.29) is 11.4 Å². The molecule has 0 saturated heterocycles. The summed E-state index contributed by atoms with van der Waals surface area (Å²) < 4.78 is 0. The highest BCUT2D eigenvalue weighted by molar-refractivity contribution is 5.78. The molecule has 1 aromatic carbocycles. The van der Waals surface area contributed by atoms with E-state index in [1.807, 2.05) is 0 Å². The molecule has 1 aromatic rings. The van der Waals surface area contributed by atoms with Crippen molar-refractivity contribution in [2.45, 2.75) is 39.7 Å². The Bertz CT molecular complexity index is 425. The minimum absolute atomic E-state index is 0.0350. The van der Waals surface area contributed by atoms with Gasteiger partial charge in [-0.15, -0.1) is 0 Å². The zero-order valence-corrected chi connectivity index (χ0v) is 12.1. The fourth-order valence-electron chi connectivity index (χ4n) is 2.09. The Morgan fingerprint density at radius 1 is 1.28 bits per heavy atom. The number of carbonyl (C=O) groups excluding carboxylic acids is 1. The van der Waals surface area contributed by atoms with E-state index in [1.54, 1.807) is 7.05 Å². The molecule has 0 aliphatic heterocycles. The molecule has 0 aliphatic carbocycles. The monoisotopic (exact) mass is 248 g/mol. The maximum Gasteiger partial charge on any atom is 0.234 e. The highest BCUT2D eigenvalue weighted by atomic mass is 16.2. The van der Waals surface area contributed by atoms with Crippen LogP contribution in [-0.2, 0) is 11.2 Å². The van der Waals surface area contributed by atoms with Crippen molar-refractivity contribution in [2.75, 3.05) is 13.6 Å². The second-order valence-corrected chi connectivity index (χ2v) is 5.57. The number of amides is 1.